The lowest BCUT2D eigenvalue weighted by atomic mass is 10.2. The van der Waals surface area contributed by atoms with Crippen LogP contribution >= 0.6 is 0 Å². The van der Waals surface area contributed by atoms with Crippen LogP contribution in [-0.4, -0.2) is 28.0 Å². The molecule has 1 aromatic heterocycles. The first kappa shape index (κ1) is 8.79. The Balaban J connectivity index is 1.61. The van der Waals surface area contributed by atoms with Crippen LogP contribution in [0.15, 0.2) is 18.6 Å². The average Bonchev–Trinajstić information content (AvgIpc) is 2.87. The van der Waals surface area contributed by atoms with Crippen molar-refractivity contribution >= 4 is 11.7 Å². The molecule has 3 atom stereocenters. The molecule has 1 amide bonds. The molecule has 1 saturated heterocycles. The number of anilines is 1. The molecular formula is C10H12N4O. The van der Waals surface area contributed by atoms with Crippen molar-refractivity contribution in [1.29, 1.82) is 0 Å². The maximum atomic E-state index is 11.7. The number of piperidine rings is 1. The smallest absolute Gasteiger partial charge is 0.242 e. The van der Waals surface area contributed by atoms with Gasteiger partial charge in [-0.15, -0.1) is 0 Å². The molecule has 5 nitrogen and oxygen atoms in total. The summed E-state index contributed by atoms with van der Waals surface area (Å²) in [4.78, 5) is 19.6. The van der Waals surface area contributed by atoms with Gasteiger partial charge in [-0.2, -0.15) is 0 Å². The van der Waals surface area contributed by atoms with Gasteiger partial charge >= 0.3 is 0 Å². The number of fused-ring (bicyclic) bond motifs is 1. The number of carbonyl (C=O) groups is 1. The van der Waals surface area contributed by atoms with Crippen molar-refractivity contribution in [3.05, 3.63) is 18.6 Å². The SMILES string of the molecule is O=C(Nc1cnccn1)[C@@H]1CC2C[C@@H]2N1. The maximum absolute atomic E-state index is 11.7. The fourth-order valence-electron chi connectivity index (χ4n) is 2.10. The van der Waals surface area contributed by atoms with Crippen molar-refractivity contribution in [2.24, 2.45) is 5.92 Å². The normalized spacial score (nSPS) is 32.1. The summed E-state index contributed by atoms with van der Waals surface area (Å²) in [5.74, 6) is 1.25. The van der Waals surface area contributed by atoms with Crippen LogP contribution in [0.3, 0.4) is 0 Å². The van der Waals surface area contributed by atoms with E-state index in [1.54, 1.807) is 18.6 Å². The van der Waals surface area contributed by atoms with E-state index in [1.165, 1.54) is 6.42 Å². The molecule has 0 radical (unpaired) electrons. The number of nitrogens with one attached hydrogen (secondary N) is 2. The van der Waals surface area contributed by atoms with Crippen LogP contribution < -0.4 is 10.6 Å². The van der Waals surface area contributed by atoms with Gasteiger partial charge in [-0.05, 0) is 18.8 Å². The van der Waals surface area contributed by atoms with E-state index in [0.29, 0.717) is 11.9 Å². The number of amides is 1. The number of nitrogens with zero attached hydrogens (tertiary/aromatic N) is 2. The van der Waals surface area contributed by atoms with Crippen molar-refractivity contribution < 1.29 is 4.79 Å². The van der Waals surface area contributed by atoms with Crippen LogP contribution in [0.4, 0.5) is 5.82 Å². The highest BCUT2D eigenvalue weighted by Gasteiger charge is 2.47. The Morgan fingerprint density at radius 2 is 2.40 bits per heavy atom. The van der Waals surface area contributed by atoms with E-state index in [0.717, 1.165) is 12.3 Å². The van der Waals surface area contributed by atoms with Gasteiger partial charge in [0, 0.05) is 18.4 Å². The van der Waals surface area contributed by atoms with Gasteiger partial charge in [0.05, 0.1) is 12.2 Å². The van der Waals surface area contributed by atoms with Gasteiger partial charge < -0.3 is 10.6 Å². The molecule has 2 heterocycles. The van der Waals surface area contributed by atoms with Crippen molar-refractivity contribution in [2.45, 2.75) is 24.9 Å². The van der Waals surface area contributed by atoms with Gasteiger partial charge in [0.1, 0.15) is 0 Å². The van der Waals surface area contributed by atoms with Crippen LogP contribution in [0.5, 0.6) is 0 Å². The summed E-state index contributed by atoms with van der Waals surface area (Å²) in [7, 11) is 0. The molecule has 2 N–H and O–H groups in total. The Hall–Kier alpha value is -1.49. The number of rotatable bonds is 2. The molecule has 1 unspecified atom stereocenters. The fraction of sp³-hybridized carbons (Fsp3) is 0.500. The fourth-order valence-corrected chi connectivity index (χ4v) is 2.10. The number of hydrogen-bond donors (Lipinski definition) is 2. The van der Waals surface area contributed by atoms with E-state index in [9.17, 15) is 4.79 Å². The molecule has 1 saturated carbocycles. The highest BCUT2D eigenvalue weighted by molar-refractivity contribution is 5.94. The van der Waals surface area contributed by atoms with Crippen molar-refractivity contribution in [1.82, 2.24) is 15.3 Å². The first-order valence-electron chi connectivity index (χ1n) is 5.16. The molecule has 5 heteroatoms. The first-order valence-corrected chi connectivity index (χ1v) is 5.16. The average molecular weight is 204 g/mol. The van der Waals surface area contributed by atoms with Crippen molar-refractivity contribution in [3.8, 4) is 0 Å². The third kappa shape index (κ3) is 1.70. The molecule has 1 aromatic rings. The summed E-state index contributed by atoms with van der Waals surface area (Å²) in [6.45, 7) is 0. The highest BCUT2D eigenvalue weighted by Crippen LogP contribution is 2.40. The minimum Gasteiger partial charge on any atom is -0.308 e. The Morgan fingerprint density at radius 3 is 3.07 bits per heavy atom. The van der Waals surface area contributed by atoms with Gasteiger partial charge in [0.15, 0.2) is 5.82 Å². The number of carbonyl (C=O) groups excluding carboxylic acids is 1. The first-order chi connectivity index (χ1) is 7.33. The molecule has 0 spiro atoms. The minimum absolute atomic E-state index is 0.00250. The second kappa shape index (κ2) is 3.27. The lowest BCUT2D eigenvalue weighted by Crippen LogP contribution is -2.38. The number of hydrogen-bond acceptors (Lipinski definition) is 4. The monoisotopic (exact) mass is 204 g/mol. The Morgan fingerprint density at radius 1 is 1.47 bits per heavy atom. The number of aromatic nitrogens is 2. The predicted molar refractivity (Wildman–Crippen MR) is 54.1 cm³/mol. The molecule has 1 aliphatic heterocycles. The zero-order chi connectivity index (χ0) is 10.3. The summed E-state index contributed by atoms with van der Waals surface area (Å²) in [6.07, 6.45) is 6.88. The van der Waals surface area contributed by atoms with E-state index in [2.05, 4.69) is 20.6 Å². The molecule has 15 heavy (non-hydrogen) atoms. The lowest BCUT2D eigenvalue weighted by molar-refractivity contribution is -0.118. The van der Waals surface area contributed by atoms with E-state index >= 15 is 0 Å². The Labute approximate surface area is 87.3 Å². The third-order valence-corrected chi connectivity index (χ3v) is 3.01. The van der Waals surface area contributed by atoms with Gasteiger partial charge in [-0.3, -0.25) is 9.78 Å². The molecule has 0 bridgehead atoms. The van der Waals surface area contributed by atoms with E-state index in [4.69, 9.17) is 0 Å². The molecule has 1 aliphatic carbocycles. The summed E-state index contributed by atoms with van der Waals surface area (Å²) in [5.41, 5.74) is 0. The van der Waals surface area contributed by atoms with E-state index in [1.807, 2.05) is 0 Å². The Kier molecular flexibility index (Phi) is 1.92. The second-order valence-corrected chi connectivity index (χ2v) is 4.14. The van der Waals surface area contributed by atoms with Crippen LogP contribution in [0.1, 0.15) is 12.8 Å². The van der Waals surface area contributed by atoms with Crippen LogP contribution in [0.25, 0.3) is 0 Å². The largest absolute Gasteiger partial charge is 0.308 e. The van der Waals surface area contributed by atoms with E-state index < -0.39 is 0 Å². The zero-order valence-electron chi connectivity index (χ0n) is 8.18. The summed E-state index contributed by atoms with van der Waals surface area (Å²) in [5, 5.41) is 6.04. The highest BCUT2D eigenvalue weighted by atomic mass is 16.2. The molecule has 2 fully saturated rings. The van der Waals surface area contributed by atoms with Crippen LogP contribution in [0.2, 0.25) is 0 Å². The third-order valence-electron chi connectivity index (χ3n) is 3.01. The van der Waals surface area contributed by atoms with Crippen LogP contribution in [0, 0.1) is 5.92 Å². The summed E-state index contributed by atoms with van der Waals surface area (Å²) in [6, 6.07) is 0.540. The van der Waals surface area contributed by atoms with Gasteiger partial charge in [0.2, 0.25) is 5.91 Å². The maximum Gasteiger partial charge on any atom is 0.242 e. The topological polar surface area (TPSA) is 66.9 Å². The predicted octanol–water partition coefficient (Wildman–Crippen LogP) is 0.165. The molecule has 78 valence electrons. The zero-order valence-corrected chi connectivity index (χ0v) is 8.18. The van der Waals surface area contributed by atoms with Crippen molar-refractivity contribution in [3.63, 3.8) is 0 Å². The van der Waals surface area contributed by atoms with Gasteiger partial charge in [-0.1, -0.05) is 0 Å². The van der Waals surface area contributed by atoms with Crippen molar-refractivity contribution in [2.75, 3.05) is 5.32 Å². The lowest BCUT2D eigenvalue weighted by Gasteiger charge is -2.12. The summed E-state index contributed by atoms with van der Waals surface area (Å²) >= 11 is 0. The minimum atomic E-state index is -0.0456. The molecule has 0 aromatic carbocycles. The van der Waals surface area contributed by atoms with Gasteiger partial charge in [-0.25, -0.2) is 4.98 Å². The second-order valence-electron chi connectivity index (χ2n) is 4.14. The Bertz CT molecular complexity index is 370. The molecular weight excluding hydrogens is 192 g/mol. The van der Waals surface area contributed by atoms with Gasteiger partial charge in [0.25, 0.3) is 0 Å². The quantitative estimate of drug-likeness (QED) is 0.720. The molecule has 3 rings (SSSR count). The van der Waals surface area contributed by atoms with Crippen LogP contribution in [-0.2, 0) is 4.79 Å². The standard InChI is InChI=1S/C10H12N4O/c15-10(8-4-6-3-7(6)13-8)14-9-5-11-1-2-12-9/h1-2,5-8,13H,3-4H2,(H,12,14,15)/t6?,7-,8-/m0/s1. The van der Waals surface area contributed by atoms with E-state index in [-0.39, 0.29) is 11.9 Å². The molecule has 2 aliphatic rings. The summed E-state index contributed by atoms with van der Waals surface area (Å²) < 4.78 is 0.